The molecule has 23 heavy (non-hydrogen) atoms. The number of benzene rings is 1. The summed E-state index contributed by atoms with van der Waals surface area (Å²) in [7, 11) is 0. The Morgan fingerprint density at radius 2 is 1.96 bits per heavy atom. The summed E-state index contributed by atoms with van der Waals surface area (Å²) < 4.78 is 5.57. The molecule has 0 radical (unpaired) electrons. The number of hydrogen-bond acceptors (Lipinski definition) is 3. The molecular weight excluding hydrogens is 286 g/mol. The second-order valence-corrected chi connectivity index (χ2v) is 7.05. The van der Waals surface area contributed by atoms with Gasteiger partial charge in [-0.25, -0.2) is 0 Å². The third-order valence-electron chi connectivity index (χ3n) is 4.53. The molecule has 1 aliphatic heterocycles. The van der Waals surface area contributed by atoms with Crippen LogP contribution in [0.1, 0.15) is 32.3 Å². The Morgan fingerprint density at radius 3 is 2.57 bits per heavy atom. The number of ether oxygens (including phenoxy) is 1. The van der Waals surface area contributed by atoms with Gasteiger partial charge in [0.15, 0.2) is 0 Å². The Hall–Kier alpha value is -1.34. The number of rotatable bonds is 7. The van der Waals surface area contributed by atoms with Crippen LogP contribution in [0.3, 0.4) is 0 Å². The highest BCUT2D eigenvalue weighted by atomic mass is 16.5. The average Bonchev–Trinajstić information content (AvgIpc) is 2.56. The van der Waals surface area contributed by atoms with Crippen LogP contribution >= 0.6 is 0 Å². The lowest BCUT2D eigenvalue weighted by Crippen LogP contribution is -2.41. The maximum atomic E-state index is 10.1. The van der Waals surface area contributed by atoms with Crippen LogP contribution in [0, 0.1) is 18.3 Å². The zero-order chi connectivity index (χ0) is 16.7. The first kappa shape index (κ1) is 18.0. The van der Waals surface area contributed by atoms with Crippen molar-refractivity contribution in [2.75, 3.05) is 26.2 Å². The highest BCUT2D eigenvalue weighted by Gasteiger charge is 2.22. The molecule has 0 spiro atoms. The molecule has 1 atom stereocenters. The van der Waals surface area contributed by atoms with E-state index in [1.807, 2.05) is 13.8 Å². The lowest BCUT2D eigenvalue weighted by molar-refractivity contribution is -0.0397. The van der Waals surface area contributed by atoms with Crippen molar-refractivity contribution < 1.29 is 9.84 Å². The summed E-state index contributed by atoms with van der Waals surface area (Å²) in [6.07, 6.45) is 8.46. The fourth-order valence-electron chi connectivity index (χ4n) is 3.02. The fourth-order valence-corrected chi connectivity index (χ4v) is 3.02. The molecule has 1 aromatic rings. The molecule has 1 heterocycles. The molecule has 1 N–H and O–H groups in total. The molecule has 0 amide bonds. The van der Waals surface area contributed by atoms with E-state index in [4.69, 9.17) is 11.2 Å². The van der Waals surface area contributed by atoms with E-state index in [0.29, 0.717) is 13.2 Å². The van der Waals surface area contributed by atoms with Gasteiger partial charge < -0.3 is 14.7 Å². The van der Waals surface area contributed by atoms with Crippen LogP contribution in [-0.4, -0.2) is 48.0 Å². The SMILES string of the molecule is C#CC(C)(C)OC[C@H](O)CN1CCC(Cc2ccccc2)CC1. The van der Waals surface area contributed by atoms with E-state index in [2.05, 4.69) is 41.2 Å². The molecule has 0 saturated carbocycles. The van der Waals surface area contributed by atoms with Crippen molar-refractivity contribution in [1.29, 1.82) is 0 Å². The molecule has 0 unspecified atom stereocenters. The maximum absolute atomic E-state index is 10.1. The van der Waals surface area contributed by atoms with Crippen LogP contribution in [0.15, 0.2) is 30.3 Å². The second-order valence-electron chi connectivity index (χ2n) is 7.05. The third kappa shape index (κ3) is 6.35. The van der Waals surface area contributed by atoms with Gasteiger partial charge in [-0.05, 0) is 57.7 Å². The first-order chi connectivity index (χ1) is 11.0. The van der Waals surface area contributed by atoms with Gasteiger partial charge in [-0.15, -0.1) is 6.42 Å². The van der Waals surface area contributed by atoms with Crippen molar-refractivity contribution in [3.8, 4) is 12.3 Å². The molecule has 0 bridgehead atoms. The van der Waals surface area contributed by atoms with Gasteiger partial charge in [0, 0.05) is 6.54 Å². The average molecular weight is 315 g/mol. The number of likely N-dealkylation sites (tertiary alicyclic amines) is 1. The van der Waals surface area contributed by atoms with Crippen LogP contribution in [-0.2, 0) is 11.2 Å². The van der Waals surface area contributed by atoms with Crippen molar-refractivity contribution >= 4 is 0 Å². The Balaban J connectivity index is 1.67. The van der Waals surface area contributed by atoms with E-state index in [9.17, 15) is 5.11 Å². The Labute approximate surface area is 140 Å². The molecule has 2 rings (SSSR count). The molecule has 126 valence electrons. The number of piperidine rings is 1. The van der Waals surface area contributed by atoms with E-state index < -0.39 is 11.7 Å². The number of nitrogens with zero attached hydrogens (tertiary/aromatic N) is 1. The number of terminal acetylenes is 1. The van der Waals surface area contributed by atoms with Crippen LogP contribution < -0.4 is 0 Å². The van der Waals surface area contributed by atoms with E-state index in [1.165, 1.54) is 18.4 Å². The molecule has 1 fully saturated rings. The third-order valence-corrected chi connectivity index (χ3v) is 4.53. The van der Waals surface area contributed by atoms with Gasteiger partial charge >= 0.3 is 0 Å². The largest absolute Gasteiger partial charge is 0.389 e. The lowest BCUT2D eigenvalue weighted by atomic mass is 9.90. The van der Waals surface area contributed by atoms with E-state index >= 15 is 0 Å². The minimum absolute atomic E-state index is 0.293. The molecule has 1 saturated heterocycles. The Morgan fingerprint density at radius 1 is 1.30 bits per heavy atom. The van der Waals surface area contributed by atoms with Gasteiger partial charge in [-0.2, -0.15) is 0 Å². The highest BCUT2D eigenvalue weighted by molar-refractivity contribution is 5.15. The zero-order valence-electron chi connectivity index (χ0n) is 14.4. The predicted octanol–water partition coefficient (Wildman–Crippen LogP) is 2.73. The first-order valence-electron chi connectivity index (χ1n) is 8.54. The minimum Gasteiger partial charge on any atom is -0.389 e. The van der Waals surface area contributed by atoms with Crippen molar-refractivity contribution in [3.05, 3.63) is 35.9 Å². The summed E-state index contributed by atoms with van der Waals surface area (Å²) in [5.41, 5.74) is 0.819. The zero-order valence-corrected chi connectivity index (χ0v) is 14.4. The van der Waals surface area contributed by atoms with Crippen molar-refractivity contribution in [2.45, 2.75) is 44.8 Å². The number of hydrogen-bond donors (Lipinski definition) is 1. The molecule has 1 aromatic carbocycles. The number of aliphatic hydroxyl groups is 1. The minimum atomic E-state index is -0.607. The van der Waals surface area contributed by atoms with E-state index in [0.717, 1.165) is 25.4 Å². The summed E-state index contributed by atoms with van der Waals surface area (Å²) in [5, 5.41) is 10.1. The van der Waals surface area contributed by atoms with E-state index in [-0.39, 0.29) is 0 Å². The van der Waals surface area contributed by atoms with Crippen molar-refractivity contribution in [1.82, 2.24) is 4.90 Å². The van der Waals surface area contributed by atoms with Crippen LogP contribution in [0.5, 0.6) is 0 Å². The van der Waals surface area contributed by atoms with Gasteiger partial charge in [0.1, 0.15) is 5.60 Å². The van der Waals surface area contributed by atoms with Crippen LogP contribution in [0.25, 0.3) is 0 Å². The van der Waals surface area contributed by atoms with Crippen molar-refractivity contribution in [2.24, 2.45) is 5.92 Å². The van der Waals surface area contributed by atoms with Crippen molar-refractivity contribution in [3.63, 3.8) is 0 Å². The summed E-state index contributed by atoms with van der Waals surface area (Å²) in [5.74, 6) is 3.33. The van der Waals surface area contributed by atoms with Gasteiger partial charge in [0.25, 0.3) is 0 Å². The summed E-state index contributed by atoms with van der Waals surface area (Å²) in [6, 6.07) is 10.7. The smallest absolute Gasteiger partial charge is 0.122 e. The summed E-state index contributed by atoms with van der Waals surface area (Å²) >= 11 is 0. The molecule has 0 aliphatic carbocycles. The molecule has 3 nitrogen and oxygen atoms in total. The topological polar surface area (TPSA) is 32.7 Å². The second kappa shape index (κ2) is 8.49. The van der Waals surface area contributed by atoms with Gasteiger partial charge in [-0.1, -0.05) is 36.3 Å². The lowest BCUT2D eigenvalue weighted by Gasteiger charge is -2.33. The van der Waals surface area contributed by atoms with E-state index in [1.54, 1.807) is 0 Å². The first-order valence-corrected chi connectivity index (χ1v) is 8.54. The summed E-state index contributed by atoms with van der Waals surface area (Å²) in [4.78, 5) is 2.33. The fraction of sp³-hybridized carbons (Fsp3) is 0.600. The van der Waals surface area contributed by atoms with Gasteiger partial charge in [-0.3, -0.25) is 0 Å². The van der Waals surface area contributed by atoms with Gasteiger partial charge in [0.2, 0.25) is 0 Å². The molecule has 3 heteroatoms. The molecule has 0 aromatic heterocycles. The molecular formula is C20H29NO2. The monoisotopic (exact) mass is 315 g/mol. The molecule has 1 aliphatic rings. The number of β-amino-alcohol motifs (C(OH)–C–C–N with tert-alkyl or cyclic N) is 1. The van der Waals surface area contributed by atoms with Crippen LogP contribution in [0.2, 0.25) is 0 Å². The quantitative estimate of drug-likeness (QED) is 0.785. The maximum Gasteiger partial charge on any atom is 0.122 e. The Kier molecular flexibility index (Phi) is 6.65. The standard InChI is InChI=1S/C20H29NO2/c1-4-20(2,3)23-16-19(22)15-21-12-10-18(11-13-21)14-17-8-6-5-7-9-17/h1,5-9,18-19,22H,10-16H2,2-3H3/t19-/m1/s1. The highest BCUT2D eigenvalue weighted by Crippen LogP contribution is 2.21. The van der Waals surface area contributed by atoms with Crippen LogP contribution in [0.4, 0.5) is 0 Å². The summed E-state index contributed by atoms with van der Waals surface area (Å²) in [6.45, 7) is 6.74. The number of aliphatic hydroxyl groups excluding tert-OH is 1. The Bertz CT molecular complexity index is 498. The predicted molar refractivity (Wildman–Crippen MR) is 94.2 cm³/mol. The normalized spacial score (nSPS) is 18.5. The van der Waals surface area contributed by atoms with Gasteiger partial charge in [0.05, 0.1) is 12.7 Å².